The summed E-state index contributed by atoms with van der Waals surface area (Å²) < 4.78 is 14.7. The molecule has 0 bridgehead atoms. The fourth-order valence-corrected chi connectivity index (χ4v) is 3.71. The van der Waals surface area contributed by atoms with Crippen LogP contribution in [0.1, 0.15) is 49.2 Å². The third kappa shape index (κ3) is 5.73. The van der Waals surface area contributed by atoms with Gasteiger partial charge >= 0.3 is 0 Å². The summed E-state index contributed by atoms with van der Waals surface area (Å²) in [5.41, 5.74) is 3.59. The van der Waals surface area contributed by atoms with Gasteiger partial charge in [0.25, 0.3) is 0 Å². The predicted molar refractivity (Wildman–Crippen MR) is 125 cm³/mol. The summed E-state index contributed by atoms with van der Waals surface area (Å²) in [5.74, 6) is -0.812. The highest BCUT2D eigenvalue weighted by Gasteiger charge is 2.19. The molecule has 0 aliphatic carbocycles. The van der Waals surface area contributed by atoms with Gasteiger partial charge in [-0.15, -0.1) is 0 Å². The van der Waals surface area contributed by atoms with Crippen molar-refractivity contribution in [3.05, 3.63) is 76.3 Å². The largest absolute Gasteiger partial charge is 0.326 e. The number of halogens is 2. The lowest BCUT2D eigenvalue weighted by molar-refractivity contribution is -0.119. The van der Waals surface area contributed by atoms with Crippen LogP contribution in [0.25, 0.3) is 0 Å². The molecule has 0 saturated carbocycles. The molecule has 3 rings (SSSR count). The third-order valence-corrected chi connectivity index (χ3v) is 5.54. The van der Waals surface area contributed by atoms with Crippen LogP contribution in [0.2, 0.25) is 5.02 Å². The molecule has 0 fully saturated rings. The first-order chi connectivity index (χ1) is 15.1. The van der Waals surface area contributed by atoms with Crippen molar-refractivity contribution in [3.63, 3.8) is 0 Å². The maximum absolute atomic E-state index is 13.1. The first-order valence-corrected chi connectivity index (χ1v) is 10.7. The molecule has 2 unspecified atom stereocenters. The Kier molecular flexibility index (Phi) is 7.30. The molecule has 32 heavy (non-hydrogen) atoms. The Morgan fingerprint density at radius 1 is 1.06 bits per heavy atom. The van der Waals surface area contributed by atoms with E-state index < -0.39 is 6.04 Å². The minimum Gasteiger partial charge on any atom is -0.326 e. The lowest BCUT2D eigenvalue weighted by Crippen LogP contribution is -2.25. The average molecular weight is 457 g/mol. The standard InChI is InChI=1S/C24H26ClFN4O2/c1-14(18-5-7-19(26)8-6-18)11-23(31)27-20-9-10-22(21(25)13-20)28-24(32)17(4)30-16(3)12-15(2)29-30/h5-10,12-14,17H,11H2,1-4H3,(H,27,31)(H,28,32). The van der Waals surface area contributed by atoms with Gasteiger partial charge in [-0.05, 0) is 68.7 Å². The summed E-state index contributed by atoms with van der Waals surface area (Å²) in [6, 6.07) is 12.4. The Labute approximate surface area is 191 Å². The van der Waals surface area contributed by atoms with Crippen LogP contribution in [0.5, 0.6) is 0 Å². The number of nitrogens with zero attached hydrogens (tertiary/aromatic N) is 2. The van der Waals surface area contributed by atoms with Gasteiger partial charge in [0.15, 0.2) is 0 Å². The highest BCUT2D eigenvalue weighted by Crippen LogP contribution is 2.27. The van der Waals surface area contributed by atoms with E-state index in [1.807, 2.05) is 26.8 Å². The normalized spacial score (nSPS) is 12.8. The van der Waals surface area contributed by atoms with Gasteiger partial charge < -0.3 is 10.6 Å². The fourth-order valence-electron chi connectivity index (χ4n) is 3.48. The zero-order valence-corrected chi connectivity index (χ0v) is 19.2. The fraction of sp³-hybridized carbons (Fsp3) is 0.292. The molecule has 3 aromatic rings. The molecule has 2 atom stereocenters. The number of nitrogens with one attached hydrogen (secondary N) is 2. The number of benzene rings is 2. The molecule has 168 valence electrons. The van der Waals surface area contributed by atoms with Crippen LogP contribution in [0, 0.1) is 19.7 Å². The lowest BCUT2D eigenvalue weighted by atomic mass is 9.97. The molecule has 0 aliphatic heterocycles. The summed E-state index contributed by atoms with van der Waals surface area (Å²) in [6.45, 7) is 7.44. The van der Waals surface area contributed by atoms with Crippen molar-refractivity contribution < 1.29 is 14.0 Å². The van der Waals surface area contributed by atoms with Crippen molar-refractivity contribution in [2.24, 2.45) is 0 Å². The number of hydrogen-bond acceptors (Lipinski definition) is 3. The van der Waals surface area contributed by atoms with Gasteiger partial charge in [0.2, 0.25) is 11.8 Å². The summed E-state index contributed by atoms with van der Waals surface area (Å²) in [5, 5.41) is 10.3. The SMILES string of the molecule is Cc1cc(C)n(C(C)C(=O)Nc2ccc(NC(=O)CC(C)c3ccc(F)cc3)cc2Cl)n1. The van der Waals surface area contributed by atoms with Crippen molar-refractivity contribution in [1.29, 1.82) is 0 Å². The molecule has 0 spiro atoms. The van der Waals surface area contributed by atoms with E-state index in [0.717, 1.165) is 17.0 Å². The van der Waals surface area contributed by atoms with Gasteiger partial charge in [-0.2, -0.15) is 5.10 Å². The highest BCUT2D eigenvalue weighted by molar-refractivity contribution is 6.34. The smallest absolute Gasteiger partial charge is 0.248 e. The summed E-state index contributed by atoms with van der Waals surface area (Å²) >= 11 is 6.34. The lowest BCUT2D eigenvalue weighted by Gasteiger charge is -2.16. The van der Waals surface area contributed by atoms with Crippen LogP contribution in [-0.4, -0.2) is 21.6 Å². The maximum Gasteiger partial charge on any atom is 0.248 e. The number of carbonyl (C=O) groups is 2. The van der Waals surface area contributed by atoms with Gasteiger partial charge in [0, 0.05) is 17.8 Å². The first kappa shape index (κ1) is 23.5. The molecule has 1 aromatic heterocycles. The molecule has 0 radical (unpaired) electrons. The molecule has 0 aliphatic rings. The van der Waals surface area contributed by atoms with E-state index in [0.29, 0.717) is 16.4 Å². The predicted octanol–water partition coefficient (Wildman–Crippen LogP) is 5.62. The van der Waals surface area contributed by atoms with Gasteiger partial charge in [-0.1, -0.05) is 30.7 Å². The second kappa shape index (κ2) is 9.96. The molecule has 2 N–H and O–H groups in total. The van der Waals surface area contributed by atoms with E-state index >= 15 is 0 Å². The quantitative estimate of drug-likeness (QED) is 0.484. The van der Waals surface area contributed by atoms with Gasteiger partial charge in [-0.25, -0.2) is 4.39 Å². The van der Waals surface area contributed by atoms with Crippen molar-refractivity contribution >= 4 is 34.8 Å². The van der Waals surface area contributed by atoms with E-state index in [1.165, 1.54) is 12.1 Å². The molecular weight excluding hydrogens is 431 g/mol. The molecule has 8 heteroatoms. The molecular formula is C24H26ClFN4O2. The number of carbonyl (C=O) groups excluding carboxylic acids is 2. The summed E-state index contributed by atoms with van der Waals surface area (Å²) in [6.07, 6.45) is 0.238. The highest BCUT2D eigenvalue weighted by atomic mass is 35.5. The van der Waals surface area contributed by atoms with Crippen LogP contribution in [0.15, 0.2) is 48.5 Å². The number of aryl methyl sites for hydroxylation is 2. The topological polar surface area (TPSA) is 76.0 Å². The number of rotatable bonds is 7. The number of amides is 2. The average Bonchev–Trinajstić information content (AvgIpc) is 3.07. The maximum atomic E-state index is 13.1. The van der Waals surface area contributed by atoms with Crippen LogP contribution < -0.4 is 10.6 Å². The van der Waals surface area contributed by atoms with Crippen molar-refractivity contribution in [2.45, 2.75) is 46.1 Å². The van der Waals surface area contributed by atoms with Crippen molar-refractivity contribution in [3.8, 4) is 0 Å². The van der Waals surface area contributed by atoms with E-state index in [1.54, 1.807) is 41.9 Å². The van der Waals surface area contributed by atoms with Crippen molar-refractivity contribution in [2.75, 3.05) is 10.6 Å². The van der Waals surface area contributed by atoms with Crippen molar-refractivity contribution in [1.82, 2.24) is 9.78 Å². The van der Waals surface area contributed by atoms with E-state index in [9.17, 15) is 14.0 Å². The van der Waals surface area contributed by atoms with E-state index in [-0.39, 0.29) is 30.0 Å². The second-order valence-corrected chi connectivity index (χ2v) is 8.34. The molecule has 0 saturated heterocycles. The minimum atomic E-state index is -0.507. The minimum absolute atomic E-state index is 0.0690. The number of anilines is 2. The van der Waals surface area contributed by atoms with Gasteiger partial charge in [0.05, 0.1) is 16.4 Å². The van der Waals surface area contributed by atoms with Gasteiger partial charge in [-0.3, -0.25) is 14.3 Å². The Morgan fingerprint density at radius 3 is 2.34 bits per heavy atom. The zero-order valence-electron chi connectivity index (χ0n) is 18.4. The Hall–Kier alpha value is -3.19. The van der Waals surface area contributed by atoms with Crippen LogP contribution in [-0.2, 0) is 9.59 Å². The number of aromatic nitrogens is 2. The molecule has 2 aromatic carbocycles. The van der Waals surface area contributed by atoms with Crippen LogP contribution in [0.4, 0.5) is 15.8 Å². The van der Waals surface area contributed by atoms with Crippen LogP contribution >= 0.6 is 11.6 Å². The van der Waals surface area contributed by atoms with E-state index in [2.05, 4.69) is 15.7 Å². The number of hydrogen-bond donors (Lipinski definition) is 2. The Bertz CT molecular complexity index is 1130. The molecule has 6 nitrogen and oxygen atoms in total. The second-order valence-electron chi connectivity index (χ2n) is 7.94. The third-order valence-electron chi connectivity index (χ3n) is 5.23. The van der Waals surface area contributed by atoms with E-state index in [4.69, 9.17) is 11.6 Å². The monoisotopic (exact) mass is 456 g/mol. The summed E-state index contributed by atoms with van der Waals surface area (Å²) in [4.78, 5) is 25.1. The Balaban J connectivity index is 1.60. The first-order valence-electron chi connectivity index (χ1n) is 10.3. The van der Waals surface area contributed by atoms with Gasteiger partial charge in [0.1, 0.15) is 11.9 Å². The summed E-state index contributed by atoms with van der Waals surface area (Å²) in [7, 11) is 0. The zero-order chi connectivity index (χ0) is 23.4. The molecule has 1 heterocycles. The molecule has 2 amide bonds. The Morgan fingerprint density at radius 2 is 1.75 bits per heavy atom. The van der Waals surface area contributed by atoms with Crippen LogP contribution in [0.3, 0.4) is 0 Å².